The number of pyridine rings is 1. The minimum Gasteiger partial charge on any atom is -0.333 e. The molecule has 8 heteroatoms. The average Bonchev–Trinajstić information content (AvgIpc) is 2.56. The van der Waals surface area contributed by atoms with Gasteiger partial charge in [0.05, 0.1) is 17.2 Å². The zero-order chi connectivity index (χ0) is 18.9. The molecule has 0 unspecified atom stereocenters. The number of halogens is 3. The van der Waals surface area contributed by atoms with E-state index >= 15 is 0 Å². The highest BCUT2D eigenvalue weighted by Gasteiger charge is 2.35. The molecule has 24 heavy (non-hydrogen) atoms. The maximum absolute atomic E-state index is 13.0. The van der Waals surface area contributed by atoms with Gasteiger partial charge in [-0.05, 0) is 31.7 Å². The molecule has 0 atom stereocenters. The Morgan fingerprint density at radius 3 is 2.33 bits per heavy atom. The molecule has 0 saturated carbocycles. The number of aromatic amines is 1. The van der Waals surface area contributed by atoms with Crippen LogP contribution in [0.4, 0.5) is 13.2 Å². The normalized spacial score (nSPS) is 11.7. The second-order valence-corrected chi connectivity index (χ2v) is 4.07. The number of nitrogens with two attached hydrogens (primary N) is 1. The molecule has 0 saturated heterocycles. The Hall–Kier alpha value is -3.10. The molecule has 0 aromatic carbocycles. The van der Waals surface area contributed by atoms with Crippen molar-refractivity contribution in [2.75, 3.05) is 7.05 Å². The molecule has 0 fully saturated rings. The average molecular weight is 336 g/mol. The third-order valence-corrected chi connectivity index (χ3v) is 2.73. The second kappa shape index (κ2) is 9.13. The van der Waals surface area contributed by atoms with E-state index in [-0.39, 0.29) is 16.8 Å². The first-order valence-corrected chi connectivity index (χ1v) is 6.51. The van der Waals surface area contributed by atoms with Crippen molar-refractivity contribution < 1.29 is 13.2 Å². The summed E-state index contributed by atoms with van der Waals surface area (Å²) in [7, 11) is 1.50. The molecule has 0 bridgehead atoms. The van der Waals surface area contributed by atoms with Crippen molar-refractivity contribution in [3.8, 4) is 12.1 Å². The Bertz CT molecular complexity index is 803. The number of alkyl halides is 3. The number of nitrogens with one attached hydrogen (secondary N) is 1. The molecule has 0 aliphatic heterocycles. The summed E-state index contributed by atoms with van der Waals surface area (Å²) in [5, 5.41) is 17.5. The first kappa shape index (κ1) is 20.9. The van der Waals surface area contributed by atoms with E-state index in [1.54, 1.807) is 6.07 Å². The van der Waals surface area contributed by atoms with Crippen molar-refractivity contribution >= 4 is 5.57 Å². The van der Waals surface area contributed by atoms with Crippen LogP contribution >= 0.6 is 0 Å². The van der Waals surface area contributed by atoms with E-state index in [0.717, 1.165) is 0 Å². The number of nitriles is 2. The van der Waals surface area contributed by atoms with Gasteiger partial charge in [0.2, 0.25) is 0 Å². The summed E-state index contributed by atoms with van der Waals surface area (Å²) in [5.41, 5.74) is 1.21. The van der Waals surface area contributed by atoms with Crippen molar-refractivity contribution in [2.45, 2.75) is 13.1 Å². The molecule has 0 aliphatic rings. The molecule has 1 heterocycles. The summed E-state index contributed by atoms with van der Waals surface area (Å²) < 4.78 is 38.9. The van der Waals surface area contributed by atoms with Gasteiger partial charge in [-0.3, -0.25) is 4.79 Å². The van der Waals surface area contributed by atoms with Gasteiger partial charge in [0, 0.05) is 5.69 Å². The Kier molecular flexibility index (Phi) is 7.95. The molecular weight excluding hydrogens is 321 g/mol. The van der Waals surface area contributed by atoms with Crippen LogP contribution in [-0.4, -0.2) is 12.0 Å². The van der Waals surface area contributed by atoms with Crippen LogP contribution in [0.3, 0.4) is 0 Å². The molecule has 1 aromatic rings. The van der Waals surface area contributed by atoms with Crippen molar-refractivity contribution in [3.63, 3.8) is 0 Å². The topological polar surface area (TPSA) is 106 Å². The summed E-state index contributed by atoms with van der Waals surface area (Å²) in [5.74, 6) is 0. The van der Waals surface area contributed by atoms with Crippen LogP contribution in [0, 0.1) is 22.7 Å². The van der Waals surface area contributed by atoms with E-state index in [1.807, 2.05) is 0 Å². The van der Waals surface area contributed by atoms with E-state index in [1.165, 1.54) is 38.3 Å². The number of hydrogen-bond acceptors (Lipinski definition) is 4. The number of aromatic nitrogens is 1. The summed E-state index contributed by atoms with van der Waals surface area (Å²) in [6.45, 7) is 4.94. The number of H-pyrrole nitrogens is 1. The fourth-order valence-corrected chi connectivity index (χ4v) is 1.67. The predicted octanol–water partition coefficient (Wildman–Crippen LogP) is 2.88. The number of hydrogen-bond donors (Lipinski definition) is 2. The molecular formula is C16H15F3N4O. The lowest BCUT2D eigenvalue weighted by Crippen LogP contribution is -2.20. The second-order valence-electron chi connectivity index (χ2n) is 4.07. The summed E-state index contributed by atoms with van der Waals surface area (Å²) >= 11 is 0. The van der Waals surface area contributed by atoms with Crippen molar-refractivity contribution in [3.05, 3.63) is 63.6 Å². The van der Waals surface area contributed by atoms with Crippen molar-refractivity contribution in [1.82, 2.24) is 4.98 Å². The van der Waals surface area contributed by atoms with Gasteiger partial charge in [0.25, 0.3) is 5.56 Å². The molecule has 0 amide bonds. The van der Waals surface area contributed by atoms with Crippen LogP contribution in [0.2, 0.25) is 0 Å². The third-order valence-electron chi connectivity index (χ3n) is 2.73. The molecule has 0 aliphatic carbocycles. The first-order valence-electron chi connectivity index (χ1n) is 6.51. The van der Waals surface area contributed by atoms with Gasteiger partial charge in [-0.25, -0.2) is 0 Å². The Labute approximate surface area is 136 Å². The van der Waals surface area contributed by atoms with Gasteiger partial charge in [0.1, 0.15) is 11.6 Å². The molecule has 5 nitrogen and oxygen atoms in total. The van der Waals surface area contributed by atoms with Crippen LogP contribution in [0.25, 0.3) is 5.57 Å². The summed E-state index contributed by atoms with van der Waals surface area (Å²) in [6, 6.07) is 3.72. The monoisotopic (exact) mass is 336 g/mol. The quantitative estimate of drug-likeness (QED) is 0.654. The smallest absolute Gasteiger partial charge is 0.333 e. The molecule has 126 valence electrons. The van der Waals surface area contributed by atoms with E-state index < -0.39 is 22.9 Å². The van der Waals surface area contributed by atoms with Gasteiger partial charge in [-0.15, -0.1) is 0 Å². The minimum atomic E-state index is -4.84. The van der Waals surface area contributed by atoms with Crippen molar-refractivity contribution in [1.29, 1.82) is 10.5 Å². The van der Waals surface area contributed by atoms with Crippen LogP contribution < -0.4 is 11.3 Å². The highest BCUT2D eigenvalue weighted by Crippen LogP contribution is 2.32. The molecule has 3 N–H and O–H groups in total. The lowest BCUT2D eigenvalue weighted by molar-refractivity contribution is -0.137. The van der Waals surface area contributed by atoms with E-state index in [0.29, 0.717) is 6.07 Å². The number of nitrogens with zero attached hydrogens (tertiary/aromatic N) is 2. The van der Waals surface area contributed by atoms with Gasteiger partial charge in [-0.1, -0.05) is 18.7 Å². The van der Waals surface area contributed by atoms with E-state index in [9.17, 15) is 18.0 Å². The molecule has 1 aromatic heterocycles. The van der Waals surface area contributed by atoms with Crippen LogP contribution in [0.5, 0.6) is 0 Å². The van der Waals surface area contributed by atoms with E-state index in [2.05, 4.69) is 17.3 Å². The molecule has 0 spiro atoms. The van der Waals surface area contributed by atoms with E-state index in [4.69, 9.17) is 10.5 Å². The summed E-state index contributed by atoms with van der Waals surface area (Å²) in [6.07, 6.45) is -0.897. The zero-order valence-electron chi connectivity index (χ0n) is 13.0. The Morgan fingerprint density at radius 1 is 1.38 bits per heavy atom. The Morgan fingerprint density at radius 2 is 1.96 bits per heavy atom. The van der Waals surface area contributed by atoms with Crippen molar-refractivity contribution in [2.24, 2.45) is 5.73 Å². The van der Waals surface area contributed by atoms with Gasteiger partial charge >= 0.3 is 6.18 Å². The first-order chi connectivity index (χ1) is 11.3. The highest BCUT2D eigenvalue weighted by atomic mass is 19.4. The predicted molar refractivity (Wildman–Crippen MR) is 84.4 cm³/mol. The Balaban J connectivity index is 0.00000254. The number of rotatable bonds is 3. The lowest BCUT2D eigenvalue weighted by atomic mass is 10.0. The highest BCUT2D eigenvalue weighted by molar-refractivity contribution is 5.74. The molecule has 0 radical (unpaired) electrons. The largest absolute Gasteiger partial charge is 0.417 e. The number of allylic oxidation sites excluding steroid dienone is 5. The van der Waals surface area contributed by atoms with Gasteiger partial charge in [-0.2, -0.15) is 23.7 Å². The SMILES string of the molecule is C=C/C(C#N)=C\C(=C/C)c1cc(C(F)(F)F)c(C#N)c(=O)[nH]1.CN. The summed E-state index contributed by atoms with van der Waals surface area (Å²) in [4.78, 5) is 13.9. The maximum Gasteiger partial charge on any atom is 0.417 e. The fourth-order valence-electron chi connectivity index (χ4n) is 1.67. The third kappa shape index (κ3) is 4.97. The van der Waals surface area contributed by atoms with Crippen LogP contribution in [0.15, 0.2) is 41.2 Å². The van der Waals surface area contributed by atoms with Gasteiger partial charge < -0.3 is 10.7 Å². The zero-order valence-corrected chi connectivity index (χ0v) is 13.0. The van der Waals surface area contributed by atoms with Crippen LogP contribution in [-0.2, 0) is 6.18 Å². The minimum absolute atomic E-state index is 0.117. The fraction of sp³-hybridized carbons (Fsp3) is 0.188. The standard InChI is InChI=1S/C15H10F3N3O.CH5N/c1-3-9(7-19)5-10(4-2)13-6-12(15(16,17)18)11(8-20)14(22)21-13;1-2/h3-6H,1H2,2H3,(H,21,22);2H2,1H3/b9-5+,10-4+;. The van der Waals surface area contributed by atoms with Gasteiger partial charge in [0.15, 0.2) is 0 Å². The molecule has 1 rings (SSSR count). The maximum atomic E-state index is 13.0. The lowest BCUT2D eigenvalue weighted by Gasteiger charge is -2.11. The van der Waals surface area contributed by atoms with Crippen LogP contribution in [0.1, 0.15) is 23.7 Å².